The lowest BCUT2D eigenvalue weighted by Gasteiger charge is -2.38. The zero-order chi connectivity index (χ0) is 11.7. The predicted octanol–water partition coefficient (Wildman–Crippen LogP) is 1.42. The van der Waals surface area contributed by atoms with Gasteiger partial charge in [0, 0.05) is 19.6 Å². The van der Waals surface area contributed by atoms with Crippen LogP contribution in [0.3, 0.4) is 0 Å². The van der Waals surface area contributed by atoms with Gasteiger partial charge in [-0.15, -0.1) is 0 Å². The van der Waals surface area contributed by atoms with E-state index in [4.69, 9.17) is 4.74 Å². The first-order valence-corrected chi connectivity index (χ1v) is 6.57. The molecular weight excluding hydrogens is 212 g/mol. The number of nitrogens with zero attached hydrogens (tertiary/aromatic N) is 1. The molecule has 3 nitrogen and oxygen atoms in total. The number of likely N-dealkylation sites (tertiary alicyclic amines) is 1. The van der Waals surface area contributed by atoms with Gasteiger partial charge in [-0.3, -0.25) is 4.90 Å². The summed E-state index contributed by atoms with van der Waals surface area (Å²) in [5.74, 6) is 1.12. The lowest BCUT2D eigenvalue weighted by atomic mass is 10.00. The molecule has 1 N–H and O–H groups in total. The summed E-state index contributed by atoms with van der Waals surface area (Å²) >= 11 is 0. The Morgan fingerprint density at radius 1 is 1.41 bits per heavy atom. The van der Waals surface area contributed by atoms with Crippen molar-refractivity contribution in [3.63, 3.8) is 0 Å². The van der Waals surface area contributed by atoms with Crippen molar-refractivity contribution in [2.75, 3.05) is 26.2 Å². The van der Waals surface area contributed by atoms with Gasteiger partial charge in [0.05, 0.1) is 0 Å². The summed E-state index contributed by atoms with van der Waals surface area (Å²) in [6.07, 6.45) is 1.49. The maximum atomic E-state index is 6.11. The lowest BCUT2D eigenvalue weighted by Crippen LogP contribution is -2.53. The van der Waals surface area contributed by atoms with Gasteiger partial charge in [-0.2, -0.15) is 0 Å². The van der Waals surface area contributed by atoms with Crippen LogP contribution in [0.15, 0.2) is 18.2 Å². The summed E-state index contributed by atoms with van der Waals surface area (Å²) in [7, 11) is 0. The van der Waals surface area contributed by atoms with Crippen LogP contribution in [0.4, 0.5) is 0 Å². The fraction of sp³-hybridized carbons (Fsp3) is 0.571. The number of likely N-dealkylation sites (N-methyl/N-ethyl adjacent to an activating group) is 1. The quantitative estimate of drug-likeness (QED) is 0.853. The second-order valence-corrected chi connectivity index (χ2v) is 4.91. The van der Waals surface area contributed by atoms with Gasteiger partial charge < -0.3 is 10.1 Å². The lowest BCUT2D eigenvalue weighted by molar-refractivity contribution is 0.0231. The number of hydrogen-bond donors (Lipinski definition) is 1. The van der Waals surface area contributed by atoms with Crippen LogP contribution in [0.5, 0.6) is 5.75 Å². The van der Waals surface area contributed by atoms with E-state index in [1.165, 1.54) is 11.1 Å². The molecule has 0 bridgehead atoms. The molecule has 0 radical (unpaired) electrons. The molecule has 0 aromatic heterocycles. The number of rotatable bonds is 3. The first-order chi connectivity index (χ1) is 8.36. The molecule has 2 heterocycles. The van der Waals surface area contributed by atoms with Gasteiger partial charge in [0.1, 0.15) is 11.9 Å². The van der Waals surface area contributed by atoms with E-state index in [0.717, 1.165) is 44.9 Å². The highest BCUT2D eigenvalue weighted by Crippen LogP contribution is 2.27. The third-order valence-corrected chi connectivity index (χ3v) is 3.76. The van der Waals surface area contributed by atoms with Gasteiger partial charge >= 0.3 is 0 Å². The summed E-state index contributed by atoms with van der Waals surface area (Å²) in [6, 6.07) is 6.43. The van der Waals surface area contributed by atoms with E-state index in [0.29, 0.717) is 6.10 Å². The average Bonchev–Trinajstić information content (AvgIpc) is 2.33. The Morgan fingerprint density at radius 2 is 2.29 bits per heavy atom. The third kappa shape index (κ3) is 2.17. The van der Waals surface area contributed by atoms with E-state index in [2.05, 4.69) is 35.3 Å². The molecule has 92 valence electrons. The summed E-state index contributed by atoms with van der Waals surface area (Å²) in [5, 5.41) is 3.40. The molecule has 1 saturated heterocycles. The molecule has 0 unspecified atom stereocenters. The van der Waals surface area contributed by atoms with E-state index >= 15 is 0 Å². The van der Waals surface area contributed by atoms with Crippen LogP contribution in [-0.2, 0) is 13.0 Å². The van der Waals surface area contributed by atoms with Crippen molar-refractivity contribution in [1.29, 1.82) is 0 Å². The van der Waals surface area contributed by atoms with E-state index < -0.39 is 0 Å². The van der Waals surface area contributed by atoms with E-state index in [1.54, 1.807) is 0 Å². The van der Waals surface area contributed by atoms with Crippen molar-refractivity contribution in [3.05, 3.63) is 29.3 Å². The zero-order valence-electron chi connectivity index (χ0n) is 10.4. The number of ether oxygens (including phenoxy) is 1. The topological polar surface area (TPSA) is 24.5 Å². The maximum Gasteiger partial charge on any atom is 0.124 e. The van der Waals surface area contributed by atoms with Crippen molar-refractivity contribution in [3.8, 4) is 5.75 Å². The van der Waals surface area contributed by atoms with Crippen LogP contribution < -0.4 is 10.1 Å². The Kier molecular flexibility index (Phi) is 3.04. The molecule has 2 aliphatic heterocycles. The highest BCUT2D eigenvalue weighted by Gasteiger charge is 2.27. The highest BCUT2D eigenvalue weighted by molar-refractivity contribution is 5.42. The van der Waals surface area contributed by atoms with Crippen molar-refractivity contribution >= 4 is 0 Å². The second kappa shape index (κ2) is 4.67. The van der Waals surface area contributed by atoms with Crippen molar-refractivity contribution < 1.29 is 4.74 Å². The monoisotopic (exact) mass is 232 g/mol. The molecule has 17 heavy (non-hydrogen) atoms. The fourth-order valence-electron chi connectivity index (χ4n) is 2.64. The maximum absolute atomic E-state index is 6.11. The minimum absolute atomic E-state index is 0.399. The molecule has 2 aliphatic rings. The number of benzene rings is 1. The molecule has 1 aromatic rings. The summed E-state index contributed by atoms with van der Waals surface area (Å²) < 4.78 is 6.11. The molecule has 3 rings (SSSR count). The number of nitrogens with one attached hydrogen (secondary N) is 1. The van der Waals surface area contributed by atoms with Gasteiger partial charge in [-0.1, -0.05) is 19.1 Å². The van der Waals surface area contributed by atoms with Crippen molar-refractivity contribution in [2.45, 2.75) is 26.0 Å². The Bertz CT molecular complexity index is 399. The van der Waals surface area contributed by atoms with Crippen molar-refractivity contribution in [2.24, 2.45) is 0 Å². The first kappa shape index (κ1) is 11.1. The molecule has 0 aliphatic carbocycles. The van der Waals surface area contributed by atoms with Crippen LogP contribution in [0.1, 0.15) is 18.1 Å². The van der Waals surface area contributed by atoms with Gasteiger partial charge in [0.15, 0.2) is 0 Å². The molecule has 3 heteroatoms. The molecule has 0 amide bonds. The number of fused-ring (bicyclic) bond motifs is 1. The normalized spacial score (nSPS) is 20.8. The Balaban J connectivity index is 1.71. The molecule has 0 atom stereocenters. The standard InChI is InChI=1S/C14H20N2O/c1-2-16-9-12(10-16)17-14-5-3-4-11-8-15-7-6-13(11)14/h3-5,12,15H,2,6-10H2,1H3. The minimum atomic E-state index is 0.399. The smallest absolute Gasteiger partial charge is 0.124 e. The van der Waals surface area contributed by atoms with Gasteiger partial charge in [-0.05, 0) is 36.7 Å². The van der Waals surface area contributed by atoms with Crippen LogP contribution in [0.25, 0.3) is 0 Å². The van der Waals surface area contributed by atoms with E-state index in [1.807, 2.05) is 0 Å². The van der Waals surface area contributed by atoms with Crippen LogP contribution in [0, 0.1) is 0 Å². The van der Waals surface area contributed by atoms with Crippen LogP contribution >= 0.6 is 0 Å². The van der Waals surface area contributed by atoms with Gasteiger partial charge in [0.2, 0.25) is 0 Å². The SMILES string of the molecule is CCN1CC(Oc2cccc3c2CCNC3)C1. The Morgan fingerprint density at radius 3 is 3.12 bits per heavy atom. The largest absolute Gasteiger partial charge is 0.487 e. The molecule has 0 saturated carbocycles. The zero-order valence-corrected chi connectivity index (χ0v) is 10.4. The summed E-state index contributed by atoms with van der Waals surface area (Å²) in [4.78, 5) is 2.40. The molecule has 1 fully saturated rings. The van der Waals surface area contributed by atoms with Gasteiger partial charge in [-0.25, -0.2) is 0 Å². The summed E-state index contributed by atoms with van der Waals surface area (Å²) in [6.45, 7) is 7.55. The Hall–Kier alpha value is -1.06. The third-order valence-electron chi connectivity index (χ3n) is 3.76. The van der Waals surface area contributed by atoms with Crippen molar-refractivity contribution in [1.82, 2.24) is 10.2 Å². The molecule has 1 aromatic carbocycles. The van der Waals surface area contributed by atoms with Crippen LogP contribution in [0.2, 0.25) is 0 Å². The first-order valence-electron chi connectivity index (χ1n) is 6.57. The number of hydrogen-bond acceptors (Lipinski definition) is 3. The van der Waals surface area contributed by atoms with E-state index in [-0.39, 0.29) is 0 Å². The average molecular weight is 232 g/mol. The van der Waals surface area contributed by atoms with E-state index in [9.17, 15) is 0 Å². The summed E-state index contributed by atoms with van der Waals surface area (Å²) in [5.41, 5.74) is 2.82. The molecule has 0 spiro atoms. The van der Waals surface area contributed by atoms with Gasteiger partial charge in [0.25, 0.3) is 0 Å². The van der Waals surface area contributed by atoms with Crippen LogP contribution in [-0.4, -0.2) is 37.2 Å². The predicted molar refractivity (Wildman–Crippen MR) is 68.4 cm³/mol. The molecular formula is C14H20N2O. The minimum Gasteiger partial charge on any atom is -0.487 e. The highest BCUT2D eigenvalue weighted by atomic mass is 16.5. The Labute approximate surface area is 103 Å². The second-order valence-electron chi connectivity index (χ2n) is 4.91. The fourth-order valence-corrected chi connectivity index (χ4v) is 2.64.